The first-order valence-electron chi connectivity index (χ1n) is 8.77. The molecule has 1 fully saturated rings. The van der Waals surface area contributed by atoms with Crippen molar-refractivity contribution in [3.05, 3.63) is 35.6 Å². The average molecular weight is 410 g/mol. The van der Waals surface area contributed by atoms with Crippen LogP contribution in [-0.2, 0) is 24.2 Å². The van der Waals surface area contributed by atoms with E-state index in [1.165, 1.54) is 19.1 Å². The molecular formula is C18H19FN2O6S. The van der Waals surface area contributed by atoms with Crippen molar-refractivity contribution in [1.29, 1.82) is 0 Å². The number of hydrazone groups is 1. The highest BCUT2D eigenvalue weighted by atomic mass is 32.2. The number of esters is 1. The van der Waals surface area contributed by atoms with Crippen LogP contribution in [0.3, 0.4) is 0 Å². The molecule has 8 nitrogen and oxygen atoms in total. The first-order valence-corrected chi connectivity index (χ1v) is 10.6. The zero-order chi connectivity index (χ0) is 20.5. The van der Waals surface area contributed by atoms with E-state index in [1.807, 2.05) is 0 Å². The Bertz CT molecular complexity index is 941. The molecule has 0 unspecified atom stereocenters. The normalized spacial score (nSPS) is 22.5. The van der Waals surface area contributed by atoms with Crippen molar-refractivity contribution in [2.45, 2.75) is 38.3 Å². The SMILES string of the molecule is C[C@H](OC(=O)C1=NN([C@H]2CCS(=O)(=O)C2)C(=O)CC1)C(=O)c1ccc(F)cc1. The largest absolute Gasteiger partial charge is 0.450 e. The molecule has 1 amide bonds. The highest BCUT2D eigenvalue weighted by Gasteiger charge is 2.37. The molecule has 0 saturated carbocycles. The molecule has 10 heteroatoms. The Morgan fingerprint density at radius 1 is 1.25 bits per heavy atom. The minimum absolute atomic E-state index is 0.00473. The van der Waals surface area contributed by atoms with E-state index in [9.17, 15) is 27.2 Å². The van der Waals surface area contributed by atoms with Crippen molar-refractivity contribution >= 4 is 33.2 Å². The maximum Gasteiger partial charge on any atom is 0.355 e. The Balaban J connectivity index is 1.69. The van der Waals surface area contributed by atoms with Crippen LogP contribution < -0.4 is 0 Å². The molecule has 150 valence electrons. The highest BCUT2D eigenvalue weighted by Crippen LogP contribution is 2.22. The van der Waals surface area contributed by atoms with Gasteiger partial charge in [0.25, 0.3) is 0 Å². The number of carbonyl (C=O) groups is 3. The topological polar surface area (TPSA) is 110 Å². The van der Waals surface area contributed by atoms with Crippen molar-refractivity contribution in [3.63, 3.8) is 0 Å². The predicted octanol–water partition coefficient (Wildman–Crippen LogP) is 1.11. The first kappa shape index (κ1) is 20.1. The number of carbonyl (C=O) groups excluding carboxylic acids is 3. The minimum atomic E-state index is -3.22. The number of Topliss-reactive ketones (excluding diaryl/α,β-unsaturated/α-hetero) is 1. The molecule has 0 aliphatic carbocycles. The van der Waals surface area contributed by atoms with Crippen LogP contribution in [0.15, 0.2) is 29.4 Å². The molecule has 0 aromatic heterocycles. The molecular weight excluding hydrogens is 391 g/mol. The Hall–Kier alpha value is -2.62. The lowest BCUT2D eigenvalue weighted by atomic mass is 10.1. The first-order chi connectivity index (χ1) is 13.2. The summed E-state index contributed by atoms with van der Waals surface area (Å²) in [6, 6.07) is 4.25. The molecule has 3 rings (SSSR count). The van der Waals surface area contributed by atoms with Crippen molar-refractivity contribution in [1.82, 2.24) is 5.01 Å². The van der Waals surface area contributed by atoms with Crippen molar-refractivity contribution in [3.8, 4) is 0 Å². The summed E-state index contributed by atoms with van der Waals surface area (Å²) in [4.78, 5) is 36.8. The fourth-order valence-electron chi connectivity index (χ4n) is 3.10. The van der Waals surface area contributed by atoms with E-state index in [4.69, 9.17) is 4.74 Å². The molecule has 1 saturated heterocycles. The third kappa shape index (κ3) is 4.44. The zero-order valence-electron chi connectivity index (χ0n) is 15.1. The predicted molar refractivity (Wildman–Crippen MR) is 96.9 cm³/mol. The van der Waals surface area contributed by atoms with E-state index in [-0.39, 0.29) is 48.0 Å². The van der Waals surface area contributed by atoms with E-state index in [0.717, 1.165) is 17.1 Å². The molecule has 2 atom stereocenters. The minimum Gasteiger partial charge on any atom is -0.450 e. The summed E-state index contributed by atoms with van der Waals surface area (Å²) in [5, 5.41) is 5.06. The van der Waals surface area contributed by atoms with Gasteiger partial charge in [-0.2, -0.15) is 5.10 Å². The second kappa shape index (κ2) is 7.78. The standard InChI is InChI=1S/C18H19FN2O6S/c1-11(17(23)12-2-4-13(19)5-3-12)27-18(24)15-6-7-16(22)21(20-15)14-8-9-28(25,26)10-14/h2-5,11,14H,6-10H2,1H3/t11-,14-/m0/s1. The number of halogens is 1. The Morgan fingerprint density at radius 3 is 2.54 bits per heavy atom. The number of amides is 1. The maximum absolute atomic E-state index is 13.0. The lowest BCUT2D eigenvalue weighted by molar-refractivity contribution is -0.139. The number of hydrogen-bond acceptors (Lipinski definition) is 7. The van der Waals surface area contributed by atoms with Gasteiger partial charge in [-0.1, -0.05) is 0 Å². The van der Waals surface area contributed by atoms with E-state index in [0.29, 0.717) is 0 Å². The van der Waals surface area contributed by atoms with Crippen LogP contribution in [0, 0.1) is 5.82 Å². The van der Waals surface area contributed by atoms with Crippen LogP contribution in [0.2, 0.25) is 0 Å². The Morgan fingerprint density at radius 2 is 1.93 bits per heavy atom. The molecule has 2 heterocycles. The number of rotatable bonds is 5. The van der Waals surface area contributed by atoms with Crippen LogP contribution in [0.5, 0.6) is 0 Å². The molecule has 2 aliphatic rings. The Kier molecular flexibility index (Phi) is 5.59. The van der Waals surface area contributed by atoms with Crippen LogP contribution in [0.25, 0.3) is 0 Å². The highest BCUT2D eigenvalue weighted by molar-refractivity contribution is 7.91. The Labute approximate surface area is 161 Å². The van der Waals surface area contributed by atoms with Gasteiger partial charge in [0, 0.05) is 18.4 Å². The summed E-state index contributed by atoms with van der Waals surface area (Å²) < 4.78 is 41.4. The number of ketones is 1. The van der Waals surface area contributed by atoms with Crippen molar-refractivity contribution in [2.75, 3.05) is 11.5 Å². The molecule has 0 bridgehead atoms. The van der Waals surface area contributed by atoms with Gasteiger partial charge in [0.05, 0.1) is 17.5 Å². The van der Waals surface area contributed by atoms with E-state index in [1.54, 1.807) is 0 Å². The average Bonchev–Trinajstić information content (AvgIpc) is 3.01. The number of hydrogen-bond donors (Lipinski definition) is 0. The summed E-state index contributed by atoms with van der Waals surface area (Å²) in [7, 11) is -3.22. The van der Waals surface area contributed by atoms with Crippen molar-refractivity contribution < 1.29 is 31.9 Å². The second-order valence-corrected chi connectivity index (χ2v) is 8.99. The molecule has 0 spiro atoms. The van der Waals surface area contributed by atoms with Crippen LogP contribution in [0.1, 0.15) is 36.5 Å². The summed E-state index contributed by atoms with van der Waals surface area (Å²) in [6.45, 7) is 1.39. The summed E-state index contributed by atoms with van der Waals surface area (Å²) >= 11 is 0. The van der Waals surface area contributed by atoms with Crippen LogP contribution in [-0.4, -0.2) is 60.4 Å². The summed E-state index contributed by atoms with van der Waals surface area (Å²) in [6.07, 6.45) is -0.812. The van der Waals surface area contributed by atoms with Gasteiger partial charge in [0.2, 0.25) is 11.7 Å². The smallest absolute Gasteiger partial charge is 0.355 e. The zero-order valence-corrected chi connectivity index (χ0v) is 15.9. The quantitative estimate of drug-likeness (QED) is 0.531. The van der Waals surface area contributed by atoms with Gasteiger partial charge in [0.15, 0.2) is 15.9 Å². The van der Waals surface area contributed by atoms with Crippen LogP contribution >= 0.6 is 0 Å². The molecule has 0 radical (unpaired) electrons. The lowest BCUT2D eigenvalue weighted by Gasteiger charge is -2.27. The lowest BCUT2D eigenvalue weighted by Crippen LogP contribution is -2.42. The second-order valence-electron chi connectivity index (χ2n) is 6.76. The fraction of sp³-hybridized carbons (Fsp3) is 0.444. The third-order valence-corrected chi connectivity index (χ3v) is 6.38. The molecule has 1 aromatic carbocycles. The van der Waals surface area contributed by atoms with Gasteiger partial charge in [-0.25, -0.2) is 22.6 Å². The third-order valence-electron chi connectivity index (χ3n) is 4.63. The molecule has 28 heavy (non-hydrogen) atoms. The van der Waals surface area contributed by atoms with Gasteiger partial charge < -0.3 is 4.74 Å². The van der Waals surface area contributed by atoms with E-state index < -0.39 is 39.6 Å². The monoisotopic (exact) mass is 410 g/mol. The summed E-state index contributed by atoms with van der Waals surface area (Å²) in [5.41, 5.74) is 0.155. The van der Waals surface area contributed by atoms with Gasteiger partial charge >= 0.3 is 5.97 Å². The summed E-state index contributed by atoms with van der Waals surface area (Å²) in [5.74, 6) is -2.41. The maximum atomic E-state index is 13.0. The van der Waals surface area contributed by atoms with Crippen LogP contribution in [0.4, 0.5) is 4.39 Å². The molecule has 2 aliphatic heterocycles. The van der Waals surface area contributed by atoms with Crippen molar-refractivity contribution in [2.24, 2.45) is 5.10 Å². The van der Waals surface area contributed by atoms with Gasteiger partial charge in [-0.3, -0.25) is 9.59 Å². The number of nitrogens with zero attached hydrogens (tertiary/aromatic N) is 2. The number of sulfone groups is 1. The molecule has 0 N–H and O–H groups in total. The van der Waals surface area contributed by atoms with Gasteiger partial charge in [-0.15, -0.1) is 0 Å². The fourth-order valence-corrected chi connectivity index (χ4v) is 4.80. The van der Waals surface area contributed by atoms with Gasteiger partial charge in [0.1, 0.15) is 11.5 Å². The van der Waals surface area contributed by atoms with Gasteiger partial charge in [-0.05, 0) is 37.6 Å². The number of benzene rings is 1. The van der Waals surface area contributed by atoms with E-state index >= 15 is 0 Å². The molecule has 1 aromatic rings. The van der Waals surface area contributed by atoms with E-state index in [2.05, 4.69) is 5.10 Å². The number of ether oxygens (including phenoxy) is 1.